The summed E-state index contributed by atoms with van der Waals surface area (Å²) in [7, 11) is 0. The van der Waals surface area contributed by atoms with Crippen molar-refractivity contribution >= 4 is 5.97 Å². The number of aliphatic carboxylic acids is 1. The van der Waals surface area contributed by atoms with Gasteiger partial charge in [-0.15, -0.1) is 18.3 Å². The monoisotopic (exact) mass is 474 g/mol. The molecule has 13 heteroatoms. The Morgan fingerprint density at radius 3 is 2.21 bits per heavy atom. The molecular formula is C20H16F6N4O3. The van der Waals surface area contributed by atoms with Gasteiger partial charge in [0.1, 0.15) is 12.1 Å². The van der Waals surface area contributed by atoms with E-state index in [0.717, 1.165) is 18.4 Å². The van der Waals surface area contributed by atoms with Crippen molar-refractivity contribution in [1.29, 1.82) is 0 Å². The van der Waals surface area contributed by atoms with E-state index < -0.39 is 18.5 Å². The number of nitrogens with two attached hydrogens (primary N) is 1. The molecule has 0 radical (unpaired) electrons. The first-order valence-corrected chi connectivity index (χ1v) is 9.27. The molecule has 1 aliphatic rings. The van der Waals surface area contributed by atoms with E-state index >= 15 is 0 Å². The number of fused-ring (bicyclic) bond motifs is 1. The Hall–Kier alpha value is -3.61. The third-order valence-corrected chi connectivity index (χ3v) is 4.50. The van der Waals surface area contributed by atoms with E-state index in [1.165, 1.54) is 46.4 Å². The second-order valence-corrected chi connectivity index (χ2v) is 7.01. The first-order chi connectivity index (χ1) is 15.3. The molecule has 4 rings (SSSR count). The first-order valence-electron chi connectivity index (χ1n) is 9.27. The van der Waals surface area contributed by atoms with Gasteiger partial charge < -0.3 is 15.6 Å². The molecule has 0 bridgehead atoms. The van der Waals surface area contributed by atoms with Gasteiger partial charge in [0.05, 0.1) is 5.69 Å². The van der Waals surface area contributed by atoms with Crippen molar-refractivity contribution in [3.05, 3.63) is 59.9 Å². The van der Waals surface area contributed by atoms with Gasteiger partial charge in [0.25, 0.3) is 0 Å². The summed E-state index contributed by atoms with van der Waals surface area (Å²) in [5, 5.41) is 11.5. The number of alkyl halides is 6. The van der Waals surface area contributed by atoms with E-state index in [2.05, 4.69) is 14.8 Å². The highest BCUT2D eigenvalue weighted by Gasteiger charge is 2.38. The lowest BCUT2D eigenvalue weighted by atomic mass is 10.1. The van der Waals surface area contributed by atoms with Crippen molar-refractivity contribution in [2.24, 2.45) is 5.73 Å². The van der Waals surface area contributed by atoms with Crippen molar-refractivity contribution in [2.75, 3.05) is 0 Å². The second kappa shape index (κ2) is 9.10. The summed E-state index contributed by atoms with van der Waals surface area (Å²) in [5.74, 6) is -2.49. The van der Waals surface area contributed by atoms with E-state index in [1.54, 1.807) is 0 Å². The normalized spacial score (nSPS) is 15.4. The quantitative estimate of drug-likeness (QED) is 0.559. The summed E-state index contributed by atoms with van der Waals surface area (Å²) in [4.78, 5) is 13.2. The zero-order valence-electron chi connectivity index (χ0n) is 16.6. The summed E-state index contributed by atoms with van der Waals surface area (Å²) in [6.07, 6.45) is -6.56. The number of carbonyl (C=O) groups is 1. The maximum atomic E-state index is 12.2. The van der Waals surface area contributed by atoms with E-state index in [9.17, 15) is 26.3 Å². The smallest absolute Gasteiger partial charge is 0.475 e. The van der Waals surface area contributed by atoms with Gasteiger partial charge in [-0.2, -0.15) is 13.2 Å². The molecule has 1 aromatic heterocycles. The molecule has 33 heavy (non-hydrogen) atoms. The Kier molecular flexibility index (Phi) is 6.63. The SMILES string of the molecule is NC1Cc2ccc(-c3ncn(-c4ccc(OC(F)(F)F)cc4)n3)cc2C1.O=C(O)C(F)(F)F. The summed E-state index contributed by atoms with van der Waals surface area (Å²) < 4.78 is 73.8. The Bertz CT molecular complexity index is 1130. The third kappa shape index (κ3) is 6.44. The van der Waals surface area contributed by atoms with Gasteiger partial charge in [0, 0.05) is 11.6 Å². The number of rotatable bonds is 3. The molecule has 3 N–H and O–H groups in total. The lowest BCUT2D eigenvalue weighted by molar-refractivity contribution is -0.274. The topological polar surface area (TPSA) is 103 Å². The van der Waals surface area contributed by atoms with Gasteiger partial charge in [-0.25, -0.2) is 14.5 Å². The molecule has 7 nitrogen and oxygen atoms in total. The molecule has 1 aliphatic carbocycles. The number of nitrogens with zero attached hydrogens (tertiary/aromatic N) is 3. The molecule has 1 atom stereocenters. The lowest BCUT2D eigenvalue weighted by Gasteiger charge is -2.09. The van der Waals surface area contributed by atoms with Crippen LogP contribution in [0.2, 0.25) is 0 Å². The van der Waals surface area contributed by atoms with E-state index in [1.807, 2.05) is 18.2 Å². The number of ether oxygens (including phenoxy) is 1. The molecule has 0 saturated carbocycles. The second-order valence-electron chi connectivity index (χ2n) is 7.01. The van der Waals surface area contributed by atoms with Crippen molar-refractivity contribution in [1.82, 2.24) is 14.8 Å². The fourth-order valence-corrected chi connectivity index (χ4v) is 3.11. The summed E-state index contributed by atoms with van der Waals surface area (Å²) in [6, 6.07) is 11.6. The third-order valence-electron chi connectivity index (χ3n) is 4.50. The predicted molar refractivity (Wildman–Crippen MR) is 103 cm³/mol. The minimum absolute atomic E-state index is 0.156. The fourth-order valence-electron chi connectivity index (χ4n) is 3.11. The summed E-state index contributed by atoms with van der Waals surface area (Å²) >= 11 is 0. The van der Waals surface area contributed by atoms with Crippen molar-refractivity contribution in [2.45, 2.75) is 31.4 Å². The highest BCUT2D eigenvalue weighted by atomic mass is 19.4. The molecule has 1 heterocycles. The number of hydrogen-bond acceptors (Lipinski definition) is 5. The number of halogens is 6. The van der Waals surface area contributed by atoms with Gasteiger partial charge >= 0.3 is 18.5 Å². The Morgan fingerprint density at radius 1 is 1.03 bits per heavy atom. The molecule has 1 unspecified atom stereocenters. The van der Waals surface area contributed by atoms with Crippen LogP contribution in [-0.4, -0.2) is 44.4 Å². The van der Waals surface area contributed by atoms with Gasteiger partial charge in [0.2, 0.25) is 0 Å². The largest absolute Gasteiger partial charge is 0.573 e. The summed E-state index contributed by atoms with van der Waals surface area (Å²) in [6.45, 7) is 0. The number of carboxylic acid groups (broad SMARTS) is 1. The van der Waals surface area contributed by atoms with Crippen molar-refractivity contribution in [3.8, 4) is 22.8 Å². The van der Waals surface area contributed by atoms with Crippen LogP contribution in [0.3, 0.4) is 0 Å². The molecule has 0 spiro atoms. The minimum atomic E-state index is -5.08. The maximum Gasteiger partial charge on any atom is 0.573 e. The molecule has 3 aromatic rings. The molecule has 0 saturated heterocycles. The molecule has 0 amide bonds. The Morgan fingerprint density at radius 2 is 1.64 bits per heavy atom. The van der Waals surface area contributed by atoms with Crippen LogP contribution in [0.5, 0.6) is 5.75 Å². The maximum absolute atomic E-state index is 12.2. The standard InChI is InChI=1S/C18H15F3N4O.C2HF3O2/c19-18(20,21)26-16-5-3-15(4-6-16)25-10-23-17(24-25)12-2-1-11-8-14(22)9-13(11)7-12;3-2(4,5)1(6)7/h1-7,10,14H,8-9,22H2;(H,6,7). The highest BCUT2D eigenvalue weighted by molar-refractivity contribution is 5.73. The summed E-state index contributed by atoms with van der Waals surface area (Å²) in [5.41, 5.74) is 9.92. The van der Waals surface area contributed by atoms with Crippen molar-refractivity contribution < 1.29 is 41.0 Å². The number of hydrogen-bond donors (Lipinski definition) is 2. The van der Waals surface area contributed by atoms with Gasteiger partial charge in [-0.1, -0.05) is 12.1 Å². The molecule has 2 aromatic carbocycles. The number of benzene rings is 2. The molecule has 176 valence electrons. The van der Waals surface area contributed by atoms with E-state index in [-0.39, 0.29) is 11.8 Å². The van der Waals surface area contributed by atoms with Crippen molar-refractivity contribution in [3.63, 3.8) is 0 Å². The molecule has 0 fully saturated rings. The zero-order chi connectivity index (χ0) is 24.4. The lowest BCUT2D eigenvalue weighted by Crippen LogP contribution is -2.21. The van der Waals surface area contributed by atoms with E-state index in [0.29, 0.717) is 11.5 Å². The fraction of sp³-hybridized carbons (Fsp3) is 0.250. The van der Waals surface area contributed by atoms with Gasteiger partial charge in [-0.3, -0.25) is 0 Å². The van der Waals surface area contributed by atoms with Gasteiger partial charge in [-0.05, 0) is 54.3 Å². The number of aromatic nitrogens is 3. The molecule has 0 aliphatic heterocycles. The van der Waals surface area contributed by atoms with Crippen LogP contribution in [0.1, 0.15) is 11.1 Å². The van der Waals surface area contributed by atoms with Crippen LogP contribution in [0.25, 0.3) is 17.1 Å². The molecular weight excluding hydrogens is 458 g/mol. The van der Waals surface area contributed by atoms with Crippen LogP contribution in [0, 0.1) is 0 Å². The highest BCUT2D eigenvalue weighted by Crippen LogP contribution is 2.27. The minimum Gasteiger partial charge on any atom is -0.475 e. The van der Waals surface area contributed by atoms with Crippen LogP contribution in [0.4, 0.5) is 26.3 Å². The van der Waals surface area contributed by atoms with Gasteiger partial charge in [0.15, 0.2) is 5.82 Å². The van der Waals surface area contributed by atoms with Crippen LogP contribution >= 0.6 is 0 Å². The van der Waals surface area contributed by atoms with Crippen LogP contribution in [0.15, 0.2) is 48.8 Å². The Labute approximate surface area is 182 Å². The van der Waals surface area contributed by atoms with Crippen LogP contribution in [-0.2, 0) is 17.6 Å². The number of carboxylic acids is 1. The first kappa shape index (κ1) is 24.0. The zero-order valence-corrected chi connectivity index (χ0v) is 16.6. The Balaban J connectivity index is 0.000000383. The average molecular weight is 474 g/mol. The predicted octanol–water partition coefficient (Wildman–Crippen LogP) is 3.89. The van der Waals surface area contributed by atoms with E-state index in [4.69, 9.17) is 15.6 Å². The van der Waals surface area contributed by atoms with Crippen LogP contribution < -0.4 is 10.5 Å². The average Bonchev–Trinajstić information content (AvgIpc) is 3.32.